The highest BCUT2D eigenvalue weighted by molar-refractivity contribution is 4.58. The van der Waals surface area contributed by atoms with Crippen molar-refractivity contribution in [2.75, 3.05) is 6.61 Å². The molecule has 1 saturated heterocycles. The van der Waals surface area contributed by atoms with Crippen LogP contribution >= 0.6 is 0 Å². The van der Waals surface area contributed by atoms with Crippen LogP contribution in [0.2, 0.25) is 0 Å². The molecule has 0 saturated carbocycles. The molecule has 6 heavy (non-hydrogen) atoms. The van der Waals surface area contributed by atoms with Gasteiger partial charge in [0.15, 0.2) is 0 Å². The molecule has 34 valence electrons. The number of rotatable bonds is 0. The molecule has 0 spiro atoms. The van der Waals surface area contributed by atoms with Crippen LogP contribution in [0.5, 0.6) is 0 Å². The number of hydrogen-bond donors (Lipinski definition) is 0. The van der Waals surface area contributed by atoms with Crippen LogP contribution in [0.4, 0.5) is 0 Å². The fraction of sp³-hybridized carbons (Fsp3) is 0.750. The summed E-state index contributed by atoms with van der Waals surface area (Å²) in [4.78, 5) is 0. The van der Waals surface area contributed by atoms with Crippen molar-refractivity contribution in [3.63, 3.8) is 0 Å². The van der Waals surface area contributed by atoms with Gasteiger partial charge in [-0.2, -0.15) is 0 Å². The average Bonchev–Trinajstić information content (AvgIpc) is 2.30. The van der Waals surface area contributed by atoms with Crippen molar-refractivity contribution >= 4 is 0 Å². The molecule has 2 nitrogen and oxygen atoms in total. The zero-order valence-corrected chi connectivity index (χ0v) is 3.64. The van der Waals surface area contributed by atoms with E-state index >= 15 is 0 Å². The molecule has 0 aliphatic carbocycles. The van der Waals surface area contributed by atoms with Crippen LogP contribution < -0.4 is 0 Å². The Balaban J connectivity index is 0.000000112. The molecule has 0 aromatic rings. The van der Waals surface area contributed by atoms with Crippen LogP contribution in [0.15, 0.2) is 0 Å². The van der Waals surface area contributed by atoms with Gasteiger partial charge in [0, 0.05) is 0 Å². The normalized spacial score (nSPS) is 26.8. The molecule has 0 bridgehead atoms. The zero-order chi connectivity index (χ0) is 4.99. The molecule has 1 rings (SSSR count). The molecular formula is C4H6NO-. The lowest BCUT2D eigenvalue weighted by Crippen LogP contribution is -1.60. The summed E-state index contributed by atoms with van der Waals surface area (Å²) in [6.07, 6.45) is 0.583. The molecule has 0 aromatic heterocycles. The number of ether oxygens (including phenoxy) is 1. The Labute approximate surface area is 37.3 Å². The van der Waals surface area contributed by atoms with Crippen molar-refractivity contribution in [2.24, 2.45) is 0 Å². The van der Waals surface area contributed by atoms with Gasteiger partial charge in [0.25, 0.3) is 0 Å². The minimum absolute atomic E-state index is 0.583. The van der Waals surface area contributed by atoms with Crippen molar-refractivity contribution in [3.8, 4) is 0 Å². The van der Waals surface area contributed by atoms with E-state index in [0.29, 0.717) is 6.10 Å². The average molecular weight is 84.1 g/mol. The van der Waals surface area contributed by atoms with Crippen molar-refractivity contribution in [1.82, 2.24) is 0 Å². The molecule has 1 atom stereocenters. The maximum absolute atomic E-state index is 6.25. The molecule has 1 unspecified atom stereocenters. The Morgan fingerprint density at radius 2 is 2.00 bits per heavy atom. The molecule has 2 heteroatoms. The fourth-order valence-electron chi connectivity index (χ4n) is 0.0962. The Kier molecular flexibility index (Phi) is 2.43. The van der Waals surface area contributed by atoms with Gasteiger partial charge in [-0.1, -0.05) is 0 Å². The third-order valence-corrected chi connectivity index (χ3v) is 0.500. The maximum atomic E-state index is 6.25. The third kappa shape index (κ3) is 3.45. The van der Waals surface area contributed by atoms with E-state index in [2.05, 4.69) is 6.92 Å². The van der Waals surface area contributed by atoms with Crippen molar-refractivity contribution in [2.45, 2.75) is 13.0 Å². The van der Waals surface area contributed by atoms with Gasteiger partial charge in [0.1, 0.15) is 0 Å². The predicted octanol–water partition coefficient (Wildman–Crippen LogP) is 0.501. The zero-order valence-electron chi connectivity index (χ0n) is 3.64. The first-order valence-corrected chi connectivity index (χ1v) is 1.73. The largest absolute Gasteiger partial charge is 0.512 e. The molecular weight excluding hydrogens is 78.1 g/mol. The summed E-state index contributed by atoms with van der Waals surface area (Å²) in [5.41, 5.74) is 0. The lowest BCUT2D eigenvalue weighted by molar-refractivity contribution is 0.423. The monoisotopic (exact) mass is 84.0 g/mol. The van der Waals surface area contributed by atoms with E-state index in [9.17, 15) is 0 Å². The Morgan fingerprint density at radius 3 is 2.00 bits per heavy atom. The van der Waals surface area contributed by atoms with Crippen molar-refractivity contribution < 1.29 is 4.74 Å². The molecule has 0 radical (unpaired) electrons. The van der Waals surface area contributed by atoms with E-state index in [0.717, 1.165) is 6.61 Å². The van der Waals surface area contributed by atoms with Gasteiger partial charge < -0.3 is 16.6 Å². The van der Waals surface area contributed by atoms with Gasteiger partial charge in [-0.25, -0.2) is 0 Å². The molecule has 1 aliphatic heterocycles. The molecule has 1 aliphatic rings. The number of nitrogens with zero attached hydrogens (tertiary/aromatic N) is 1. The van der Waals surface area contributed by atoms with Gasteiger partial charge in [-0.15, -0.1) is 0 Å². The summed E-state index contributed by atoms with van der Waals surface area (Å²) in [5.74, 6) is 0. The summed E-state index contributed by atoms with van der Waals surface area (Å²) >= 11 is 0. The summed E-state index contributed by atoms with van der Waals surface area (Å²) in [6.45, 7) is 7.79. The minimum atomic E-state index is 0.583. The van der Waals surface area contributed by atoms with Crippen molar-refractivity contribution in [3.05, 3.63) is 6.57 Å². The third-order valence-electron chi connectivity index (χ3n) is 0.500. The molecule has 0 N–H and O–H groups in total. The van der Waals surface area contributed by atoms with Crippen LogP contribution in [0.1, 0.15) is 6.92 Å². The van der Waals surface area contributed by atoms with Crippen LogP contribution in [-0.4, -0.2) is 12.7 Å². The van der Waals surface area contributed by atoms with Crippen LogP contribution in [-0.2, 0) is 4.74 Å². The molecule has 0 amide bonds. The van der Waals surface area contributed by atoms with Crippen LogP contribution in [0.3, 0.4) is 0 Å². The highest BCUT2D eigenvalue weighted by Gasteiger charge is 2.13. The van der Waals surface area contributed by atoms with E-state index in [1.807, 2.05) is 0 Å². The summed E-state index contributed by atoms with van der Waals surface area (Å²) < 4.78 is 4.71. The first-order valence-electron chi connectivity index (χ1n) is 1.73. The van der Waals surface area contributed by atoms with Crippen LogP contribution in [0, 0.1) is 11.8 Å². The first kappa shape index (κ1) is 5.45. The van der Waals surface area contributed by atoms with E-state index in [-0.39, 0.29) is 0 Å². The van der Waals surface area contributed by atoms with E-state index in [4.69, 9.17) is 16.6 Å². The van der Waals surface area contributed by atoms with Crippen LogP contribution in [0.25, 0.3) is 0 Å². The highest BCUT2D eigenvalue weighted by Crippen LogP contribution is 2.04. The van der Waals surface area contributed by atoms with E-state index in [1.165, 1.54) is 0 Å². The van der Waals surface area contributed by atoms with Gasteiger partial charge in [-0.3, -0.25) is 0 Å². The van der Waals surface area contributed by atoms with Crippen molar-refractivity contribution in [1.29, 1.82) is 5.26 Å². The standard InChI is InChI=1S/C3H6O.CN/c1-3-2-4-3;1-2/h3H,2H2,1H3;/q;-1. The minimum Gasteiger partial charge on any atom is -0.512 e. The second-order valence-corrected chi connectivity index (χ2v) is 1.14. The predicted molar refractivity (Wildman–Crippen MR) is 20.4 cm³/mol. The van der Waals surface area contributed by atoms with Gasteiger partial charge in [0.2, 0.25) is 0 Å². The quantitative estimate of drug-likeness (QED) is 0.316. The Hall–Kier alpha value is -0.550. The highest BCUT2D eigenvalue weighted by atomic mass is 16.6. The van der Waals surface area contributed by atoms with Gasteiger partial charge in [0.05, 0.1) is 12.7 Å². The summed E-state index contributed by atoms with van der Waals surface area (Å²) in [6, 6.07) is 0. The van der Waals surface area contributed by atoms with E-state index in [1.54, 1.807) is 0 Å². The number of epoxide rings is 1. The summed E-state index contributed by atoms with van der Waals surface area (Å²) in [7, 11) is 0. The smallest absolute Gasteiger partial charge is 0.0781 e. The van der Waals surface area contributed by atoms with E-state index < -0.39 is 0 Å². The molecule has 0 aromatic carbocycles. The molecule has 1 heterocycles. The van der Waals surface area contributed by atoms with Gasteiger partial charge in [-0.05, 0) is 6.92 Å². The number of hydrogen-bond acceptors (Lipinski definition) is 2. The van der Waals surface area contributed by atoms with Gasteiger partial charge >= 0.3 is 0 Å². The fourth-order valence-corrected chi connectivity index (χ4v) is 0.0962. The lowest BCUT2D eigenvalue weighted by atomic mass is 10.6. The second-order valence-electron chi connectivity index (χ2n) is 1.14. The second kappa shape index (κ2) is 2.67. The Bertz CT molecular complexity index is 46.8. The topological polar surface area (TPSA) is 36.3 Å². The maximum Gasteiger partial charge on any atom is 0.0781 e. The lowest BCUT2D eigenvalue weighted by Gasteiger charge is -1.50. The SMILES string of the molecule is CC1CO1.[C-]#N. The first-order chi connectivity index (χ1) is 2.89. The Morgan fingerprint density at radius 1 is 1.83 bits per heavy atom. The molecule has 1 fully saturated rings. The summed E-state index contributed by atoms with van der Waals surface area (Å²) in [5, 5.41) is 6.25.